The summed E-state index contributed by atoms with van der Waals surface area (Å²) in [4.78, 5) is 0. The van der Waals surface area contributed by atoms with Gasteiger partial charge in [-0.2, -0.15) is 0 Å². The molecule has 1 N–H and O–H groups in total. The Morgan fingerprint density at radius 2 is 2.00 bits per heavy atom. The fourth-order valence-corrected chi connectivity index (χ4v) is 2.78. The van der Waals surface area contributed by atoms with Crippen molar-refractivity contribution in [3.05, 3.63) is 34.1 Å². The molecule has 0 saturated heterocycles. The lowest BCUT2D eigenvalue weighted by atomic mass is 10.00. The van der Waals surface area contributed by atoms with Gasteiger partial charge in [-0.05, 0) is 46.9 Å². The first kappa shape index (κ1) is 16.6. The highest BCUT2D eigenvalue weighted by molar-refractivity contribution is 9.10. The molecule has 1 aromatic carbocycles. The molecule has 0 bridgehead atoms. The van der Waals surface area contributed by atoms with Crippen LogP contribution in [0.4, 0.5) is 4.39 Å². The minimum absolute atomic E-state index is 0.168. The molecular formula is C16H25BrFN. The van der Waals surface area contributed by atoms with E-state index in [0.717, 1.165) is 24.9 Å². The zero-order valence-corrected chi connectivity index (χ0v) is 13.6. The van der Waals surface area contributed by atoms with Crippen molar-refractivity contribution in [1.82, 2.24) is 5.32 Å². The summed E-state index contributed by atoms with van der Waals surface area (Å²) in [7, 11) is 0. The van der Waals surface area contributed by atoms with Gasteiger partial charge in [0.25, 0.3) is 0 Å². The zero-order chi connectivity index (χ0) is 14.1. The quantitative estimate of drug-likeness (QED) is 0.623. The molecule has 0 fully saturated rings. The molecule has 19 heavy (non-hydrogen) atoms. The third-order valence-corrected chi connectivity index (χ3v) is 4.28. The molecule has 1 aromatic rings. The van der Waals surface area contributed by atoms with E-state index in [1.807, 2.05) is 6.07 Å². The fraction of sp³-hybridized carbons (Fsp3) is 0.625. The number of likely N-dealkylation sites (N-methyl/N-ethyl adjacent to an activating group) is 1. The Labute approximate surface area is 125 Å². The second kappa shape index (κ2) is 9.49. The van der Waals surface area contributed by atoms with Crippen molar-refractivity contribution in [1.29, 1.82) is 0 Å². The number of halogens is 2. The van der Waals surface area contributed by atoms with Crippen LogP contribution in [-0.4, -0.2) is 12.6 Å². The van der Waals surface area contributed by atoms with Gasteiger partial charge in [-0.15, -0.1) is 0 Å². The van der Waals surface area contributed by atoms with Crippen molar-refractivity contribution in [2.45, 2.75) is 58.4 Å². The van der Waals surface area contributed by atoms with Crippen LogP contribution >= 0.6 is 15.9 Å². The third kappa shape index (κ3) is 6.05. The Bertz CT molecular complexity index is 368. The van der Waals surface area contributed by atoms with Crippen molar-refractivity contribution < 1.29 is 4.39 Å². The van der Waals surface area contributed by atoms with E-state index in [0.29, 0.717) is 10.5 Å². The smallest absolute Gasteiger partial charge is 0.137 e. The van der Waals surface area contributed by atoms with Gasteiger partial charge in [-0.25, -0.2) is 4.39 Å². The monoisotopic (exact) mass is 329 g/mol. The number of rotatable bonds is 9. The average molecular weight is 330 g/mol. The molecule has 1 nitrogen and oxygen atoms in total. The van der Waals surface area contributed by atoms with Crippen LogP contribution in [0.3, 0.4) is 0 Å². The van der Waals surface area contributed by atoms with E-state index < -0.39 is 0 Å². The van der Waals surface area contributed by atoms with Gasteiger partial charge in [0.1, 0.15) is 5.82 Å². The van der Waals surface area contributed by atoms with Gasteiger partial charge in [0.15, 0.2) is 0 Å². The number of unbranched alkanes of at least 4 members (excludes halogenated alkanes) is 3. The van der Waals surface area contributed by atoms with Gasteiger partial charge in [-0.1, -0.05) is 51.7 Å². The molecule has 0 aromatic heterocycles. The Hall–Kier alpha value is -0.410. The highest BCUT2D eigenvalue weighted by atomic mass is 79.9. The van der Waals surface area contributed by atoms with Gasteiger partial charge in [-0.3, -0.25) is 0 Å². The molecule has 0 amide bonds. The van der Waals surface area contributed by atoms with Crippen molar-refractivity contribution in [2.75, 3.05) is 6.54 Å². The number of hydrogen-bond acceptors (Lipinski definition) is 1. The molecule has 0 saturated carbocycles. The van der Waals surface area contributed by atoms with E-state index >= 15 is 0 Å². The lowest BCUT2D eigenvalue weighted by Crippen LogP contribution is -2.31. The van der Waals surface area contributed by atoms with Crippen LogP contribution in [0, 0.1) is 5.82 Å². The maximum absolute atomic E-state index is 13.5. The highest BCUT2D eigenvalue weighted by Gasteiger charge is 2.12. The Morgan fingerprint density at radius 3 is 2.68 bits per heavy atom. The second-order valence-electron chi connectivity index (χ2n) is 5.02. The molecule has 0 radical (unpaired) electrons. The van der Waals surface area contributed by atoms with Gasteiger partial charge in [0, 0.05) is 6.04 Å². The van der Waals surface area contributed by atoms with Crippen LogP contribution in [0.25, 0.3) is 0 Å². The summed E-state index contributed by atoms with van der Waals surface area (Å²) >= 11 is 3.35. The number of benzene rings is 1. The molecule has 1 atom stereocenters. The van der Waals surface area contributed by atoms with Crippen LogP contribution in [-0.2, 0) is 6.42 Å². The summed E-state index contributed by atoms with van der Waals surface area (Å²) in [6.07, 6.45) is 7.17. The van der Waals surface area contributed by atoms with E-state index in [4.69, 9.17) is 0 Å². The maximum atomic E-state index is 13.5. The van der Waals surface area contributed by atoms with E-state index in [9.17, 15) is 4.39 Å². The SMILES string of the molecule is CCCCCCC(Cc1cccc(F)c1Br)NCC. The predicted octanol–water partition coefficient (Wildman–Crippen LogP) is 5.08. The topological polar surface area (TPSA) is 12.0 Å². The van der Waals surface area contributed by atoms with Gasteiger partial charge in [0.2, 0.25) is 0 Å². The van der Waals surface area contributed by atoms with Crippen molar-refractivity contribution in [3.8, 4) is 0 Å². The standard InChI is InChI=1S/C16H25BrFN/c1-3-5-6-7-10-14(19-4-2)12-13-9-8-11-15(18)16(13)17/h8-9,11,14,19H,3-7,10,12H2,1-2H3. The van der Waals surface area contributed by atoms with Crippen LogP contribution in [0.5, 0.6) is 0 Å². The Morgan fingerprint density at radius 1 is 1.21 bits per heavy atom. The van der Waals surface area contributed by atoms with Gasteiger partial charge < -0.3 is 5.32 Å². The van der Waals surface area contributed by atoms with Crippen molar-refractivity contribution >= 4 is 15.9 Å². The maximum Gasteiger partial charge on any atom is 0.137 e. The van der Waals surface area contributed by atoms with E-state index in [1.54, 1.807) is 6.07 Å². The lowest BCUT2D eigenvalue weighted by molar-refractivity contribution is 0.461. The zero-order valence-electron chi connectivity index (χ0n) is 12.0. The molecule has 0 aliphatic carbocycles. The normalized spacial score (nSPS) is 12.6. The first-order valence-corrected chi connectivity index (χ1v) is 8.14. The van der Waals surface area contributed by atoms with Crippen molar-refractivity contribution in [3.63, 3.8) is 0 Å². The lowest BCUT2D eigenvalue weighted by Gasteiger charge is -2.19. The Balaban J connectivity index is 2.54. The van der Waals surface area contributed by atoms with E-state index in [-0.39, 0.29) is 5.82 Å². The minimum Gasteiger partial charge on any atom is -0.314 e. The van der Waals surface area contributed by atoms with Gasteiger partial charge in [0.05, 0.1) is 4.47 Å². The van der Waals surface area contributed by atoms with Gasteiger partial charge >= 0.3 is 0 Å². The summed E-state index contributed by atoms with van der Waals surface area (Å²) in [5, 5.41) is 3.51. The second-order valence-corrected chi connectivity index (χ2v) is 5.81. The minimum atomic E-state index is -0.168. The molecule has 108 valence electrons. The number of nitrogens with one attached hydrogen (secondary N) is 1. The fourth-order valence-electron chi connectivity index (χ4n) is 2.35. The van der Waals surface area contributed by atoms with E-state index in [1.165, 1.54) is 31.7 Å². The molecule has 3 heteroatoms. The third-order valence-electron chi connectivity index (χ3n) is 3.40. The van der Waals surface area contributed by atoms with E-state index in [2.05, 4.69) is 35.1 Å². The summed E-state index contributed by atoms with van der Waals surface area (Å²) in [6, 6.07) is 5.73. The Kier molecular flexibility index (Phi) is 8.31. The predicted molar refractivity (Wildman–Crippen MR) is 84.0 cm³/mol. The summed E-state index contributed by atoms with van der Waals surface area (Å²) in [6.45, 7) is 5.32. The summed E-state index contributed by atoms with van der Waals surface area (Å²) < 4.78 is 14.1. The summed E-state index contributed by atoms with van der Waals surface area (Å²) in [5.41, 5.74) is 1.06. The first-order chi connectivity index (χ1) is 9.19. The van der Waals surface area contributed by atoms with Crippen molar-refractivity contribution in [2.24, 2.45) is 0 Å². The van der Waals surface area contributed by atoms with Crippen LogP contribution in [0.15, 0.2) is 22.7 Å². The number of hydrogen-bond donors (Lipinski definition) is 1. The first-order valence-electron chi connectivity index (χ1n) is 7.35. The van der Waals surface area contributed by atoms with Crippen LogP contribution in [0.1, 0.15) is 51.5 Å². The largest absolute Gasteiger partial charge is 0.314 e. The molecule has 0 aliphatic rings. The average Bonchev–Trinajstić information content (AvgIpc) is 2.40. The molecule has 0 spiro atoms. The van der Waals surface area contributed by atoms with Crippen LogP contribution in [0.2, 0.25) is 0 Å². The molecule has 0 heterocycles. The molecule has 0 aliphatic heterocycles. The molecule has 1 rings (SSSR count). The van der Waals surface area contributed by atoms with Crippen LogP contribution < -0.4 is 5.32 Å². The molecule has 1 unspecified atom stereocenters. The summed E-state index contributed by atoms with van der Waals surface area (Å²) in [5.74, 6) is -0.168. The highest BCUT2D eigenvalue weighted by Crippen LogP contribution is 2.22. The molecular weight excluding hydrogens is 305 g/mol.